The Hall–Kier alpha value is -1.75. The molecule has 0 aromatic heterocycles. The van der Waals surface area contributed by atoms with Gasteiger partial charge in [0.25, 0.3) is 5.91 Å². The Bertz CT molecular complexity index is 435. The van der Waals surface area contributed by atoms with Crippen molar-refractivity contribution in [3.8, 4) is 11.5 Å². The minimum Gasteiger partial charge on any atom is -0.493 e. The van der Waals surface area contributed by atoms with E-state index in [9.17, 15) is 4.79 Å². The highest BCUT2D eigenvalue weighted by molar-refractivity contribution is 5.78. The summed E-state index contributed by atoms with van der Waals surface area (Å²) in [6.45, 7) is 3.65. The van der Waals surface area contributed by atoms with E-state index in [1.165, 1.54) is 0 Å². The van der Waals surface area contributed by atoms with Crippen LogP contribution < -0.4 is 20.9 Å². The van der Waals surface area contributed by atoms with Crippen LogP contribution in [0.3, 0.4) is 0 Å². The Labute approximate surface area is 113 Å². The molecule has 0 bridgehead atoms. The van der Waals surface area contributed by atoms with Crippen LogP contribution in [0.5, 0.6) is 11.5 Å². The number of primary amides is 1. The number of carbonyl (C=O) groups excluding carboxylic acids is 1. The predicted molar refractivity (Wildman–Crippen MR) is 74.2 cm³/mol. The fourth-order valence-electron chi connectivity index (χ4n) is 1.63. The normalized spacial score (nSPS) is 13.7. The van der Waals surface area contributed by atoms with Crippen LogP contribution in [0.1, 0.15) is 25.8 Å². The van der Waals surface area contributed by atoms with Crippen molar-refractivity contribution in [2.45, 2.75) is 38.8 Å². The van der Waals surface area contributed by atoms with E-state index in [0.29, 0.717) is 11.5 Å². The van der Waals surface area contributed by atoms with Crippen molar-refractivity contribution in [3.63, 3.8) is 0 Å². The quantitative estimate of drug-likeness (QED) is 0.777. The molecule has 0 spiro atoms. The molecule has 5 nitrogen and oxygen atoms in total. The Balaban J connectivity index is 2.87. The first-order chi connectivity index (χ1) is 8.97. The van der Waals surface area contributed by atoms with Gasteiger partial charge in [0.05, 0.1) is 7.11 Å². The average molecular weight is 266 g/mol. The van der Waals surface area contributed by atoms with E-state index in [1.807, 2.05) is 19.1 Å². The number of amides is 1. The molecule has 0 aliphatic rings. The third-order valence-corrected chi connectivity index (χ3v) is 2.95. The summed E-state index contributed by atoms with van der Waals surface area (Å²) in [4.78, 5) is 11.0. The van der Waals surface area contributed by atoms with Crippen LogP contribution in [-0.2, 0) is 11.2 Å². The van der Waals surface area contributed by atoms with Crippen LogP contribution in [0, 0.1) is 0 Å². The monoisotopic (exact) mass is 266 g/mol. The highest BCUT2D eigenvalue weighted by Gasteiger charge is 2.14. The molecule has 0 fully saturated rings. The second kappa shape index (κ2) is 6.99. The lowest BCUT2D eigenvalue weighted by molar-refractivity contribution is -0.124. The van der Waals surface area contributed by atoms with E-state index in [1.54, 1.807) is 20.1 Å². The highest BCUT2D eigenvalue weighted by atomic mass is 16.5. The van der Waals surface area contributed by atoms with Crippen molar-refractivity contribution < 1.29 is 14.3 Å². The summed E-state index contributed by atoms with van der Waals surface area (Å²) >= 11 is 0. The second-order valence-electron chi connectivity index (χ2n) is 4.52. The Morgan fingerprint density at radius 3 is 2.58 bits per heavy atom. The number of benzene rings is 1. The lowest BCUT2D eigenvalue weighted by Crippen LogP contribution is -2.30. The van der Waals surface area contributed by atoms with Gasteiger partial charge in [0.2, 0.25) is 0 Å². The standard InChI is InChI=1S/C14H22N2O3/c1-4-11(15)7-10-5-6-12(13(8-10)18-3)19-9(2)14(16)17/h5-6,8-9,11H,4,7,15H2,1-3H3,(H2,16,17). The van der Waals surface area contributed by atoms with E-state index in [0.717, 1.165) is 18.4 Å². The first kappa shape index (κ1) is 15.3. The molecule has 0 saturated carbocycles. The third kappa shape index (κ3) is 4.44. The molecule has 1 rings (SSSR count). The molecule has 0 saturated heterocycles. The van der Waals surface area contributed by atoms with Crippen molar-refractivity contribution >= 4 is 5.91 Å². The summed E-state index contributed by atoms with van der Waals surface area (Å²) < 4.78 is 10.7. The first-order valence-corrected chi connectivity index (χ1v) is 6.36. The van der Waals surface area contributed by atoms with Crippen molar-refractivity contribution in [2.75, 3.05) is 7.11 Å². The average Bonchev–Trinajstić information content (AvgIpc) is 2.39. The van der Waals surface area contributed by atoms with Gasteiger partial charge in [0.1, 0.15) is 0 Å². The predicted octanol–water partition coefficient (Wildman–Crippen LogP) is 1.23. The molecule has 0 radical (unpaired) electrons. The maximum atomic E-state index is 11.0. The lowest BCUT2D eigenvalue weighted by atomic mass is 10.0. The van der Waals surface area contributed by atoms with Gasteiger partial charge >= 0.3 is 0 Å². The zero-order valence-electron chi connectivity index (χ0n) is 11.7. The van der Waals surface area contributed by atoms with Crippen molar-refractivity contribution in [2.24, 2.45) is 11.5 Å². The molecule has 2 unspecified atom stereocenters. The summed E-state index contributed by atoms with van der Waals surface area (Å²) in [5, 5.41) is 0. The number of ether oxygens (including phenoxy) is 2. The molecule has 106 valence electrons. The van der Waals surface area contributed by atoms with Crippen LogP contribution in [-0.4, -0.2) is 25.2 Å². The molecular formula is C14H22N2O3. The molecule has 0 aliphatic heterocycles. The molecule has 0 heterocycles. The van der Waals surface area contributed by atoms with Crippen molar-refractivity contribution in [1.29, 1.82) is 0 Å². The number of rotatable bonds is 7. The maximum absolute atomic E-state index is 11.0. The van der Waals surface area contributed by atoms with Gasteiger partial charge in [-0.15, -0.1) is 0 Å². The molecule has 4 N–H and O–H groups in total. The number of hydrogen-bond donors (Lipinski definition) is 2. The van der Waals surface area contributed by atoms with Gasteiger partial charge in [0.15, 0.2) is 17.6 Å². The fourth-order valence-corrected chi connectivity index (χ4v) is 1.63. The first-order valence-electron chi connectivity index (χ1n) is 6.36. The highest BCUT2D eigenvalue weighted by Crippen LogP contribution is 2.29. The molecule has 5 heteroatoms. The topological polar surface area (TPSA) is 87.6 Å². The minimum atomic E-state index is -0.697. The SMILES string of the molecule is CCC(N)Cc1ccc(OC(C)C(N)=O)c(OC)c1. The van der Waals surface area contributed by atoms with Crippen molar-refractivity contribution in [1.82, 2.24) is 0 Å². The van der Waals surface area contributed by atoms with E-state index >= 15 is 0 Å². The number of nitrogens with two attached hydrogens (primary N) is 2. The lowest BCUT2D eigenvalue weighted by Gasteiger charge is -2.16. The zero-order chi connectivity index (χ0) is 14.4. The van der Waals surface area contributed by atoms with E-state index in [4.69, 9.17) is 20.9 Å². The second-order valence-corrected chi connectivity index (χ2v) is 4.52. The molecule has 0 aliphatic carbocycles. The summed E-state index contributed by atoms with van der Waals surface area (Å²) in [6, 6.07) is 5.69. The van der Waals surface area contributed by atoms with E-state index in [2.05, 4.69) is 0 Å². The van der Waals surface area contributed by atoms with Gasteiger partial charge in [-0.1, -0.05) is 13.0 Å². The number of methoxy groups -OCH3 is 1. The van der Waals surface area contributed by atoms with Gasteiger partial charge in [-0.25, -0.2) is 0 Å². The number of hydrogen-bond acceptors (Lipinski definition) is 4. The Morgan fingerprint density at radius 2 is 2.05 bits per heavy atom. The largest absolute Gasteiger partial charge is 0.493 e. The minimum absolute atomic E-state index is 0.126. The van der Waals surface area contributed by atoms with Crippen LogP contribution in [0.4, 0.5) is 0 Å². The number of carbonyl (C=O) groups is 1. The van der Waals surface area contributed by atoms with Crippen LogP contribution >= 0.6 is 0 Å². The molecule has 1 aromatic carbocycles. The summed E-state index contributed by atoms with van der Waals surface area (Å²) in [5.41, 5.74) is 12.2. The molecule has 19 heavy (non-hydrogen) atoms. The van der Waals surface area contributed by atoms with Crippen LogP contribution in [0.2, 0.25) is 0 Å². The van der Waals surface area contributed by atoms with E-state index in [-0.39, 0.29) is 6.04 Å². The van der Waals surface area contributed by atoms with Crippen LogP contribution in [0.25, 0.3) is 0 Å². The molecule has 1 amide bonds. The van der Waals surface area contributed by atoms with E-state index < -0.39 is 12.0 Å². The van der Waals surface area contributed by atoms with Gasteiger partial charge < -0.3 is 20.9 Å². The van der Waals surface area contributed by atoms with Gasteiger partial charge in [-0.2, -0.15) is 0 Å². The maximum Gasteiger partial charge on any atom is 0.258 e. The summed E-state index contributed by atoms with van der Waals surface area (Å²) in [6.07, 6.45) is 0.996. The zero-order valence-corrected chi connectivity index (χ0v) is 11.7. The Kier molecular flexibility index (Phi) is 5.63. The summed E-state index contributed by atoms with van der Waals surface area (Å²) in [7, 11) is 1.56. The van der Waals surface area contributed by atoms with Gasteiger partial charge in [-0.3, -0.25) is 4.79 Å². The van der Waals surface area contributed by atoms with Crippen LogP contribution in [0.15, 0.2) is 18.2 Å². The Morgan fingerprint density at radius 1 is 1.37 bits per heavy atom. The smallest absolute Gasteiger partial charge is 0.258 e. The van der Waals surface area contributed by atoms with Crippen molar-refractivity contribution in [3.05, 3.63) is 23.8 Å². The van der Waals surface area contributed by atoms with Gasteiger partial charge in [0, 0.05) is 6.04 Å². The summed E-state index contributed by atoms with van der Waals surface area (Å²) in [5.74, 6) is 0.565. The van der Waals surface area contributed by atoms with Gasteiger partial charge in [-0.05, 0) is 37.5 Å². The third-order valence-electron chi connectivity index (χ3n) is 2.95. The fraction of sp³-hybridized carbons (Fsp3) is 0.500. The molecule has 2 atom stereocenters. The molecule has 1 aromatic rings. The molecular weight excluding hydrogens is 244 g/mol.